The molecule has 5 heteroatoms. The van der Waals surface area contributed by atoms with Crippen LogP contribution in [0.25, 0.3) is 77.0 Å². The Bertz CT molecular complexity index is 2330. The van der Waals surface area contributed by atoms with E-state index in [2.05, 4.69) is 65.2 Å². The Labute approximate surface area is 203 Å². The summed E-state index contributed by atoms with van der Waals surface area (Å²) in [5, 5.41) is 11.4. The third-order valence-electron chi connectivity index (χ3n) is 7.35. The minimum atomic E-state index is 0.821. The van der Waals surface area contributed by atoms with Crippen molar-refractivity contribution in [2.75, 3.05) is 0 Å². The summed E-state index contributed by atoms with van der Waals surface area (Å²) in [5.41, 5.74) is 7.57. The number of hydrogen-bond acceptors (Lipinski definition) is 3. The second-order valence-corrected chi connectivity index (χ2v) is 9.28. The maximum absolute atomic E-state index is 6.55. The smallest absolute Gasteiger partial charge is 0.213 e. The number of pyridine rings is 1. The van der Waals surface area contributed by atoms with Crippen molar-refractivity contribution >= 4 is 71.3 Å². The van der Waals surface area contributed by atoms with Gasteiger partial charge in [-0.25, -0.2) is 4.52 Å². The van der Waals surface area contributed by atoms with E-state index in [1.54, 1.807) is 0 Å². The minimum Gasteiger partial charge on any atom is -0.456 e. The van der Waals surface area contributed by atoms with Gasteiger partial charge in [0.1, 0.15) is 16.7 Å². The lowest BCUT2D eigenvalue weighted by molar-refractivity contribution is 0.645. The number of furan rings is 2. The Kier molecular flexibility index (Phi) is 3.23. The molecule has 0 aliphatic carbocycles. The first kappa shape index (κ1) is 18.3. The first-order valence-electron chi connectivity index (χ1n) is 12.0. The molecule has 36 heavy (non-hydrogen) atoms. The molecular formula is C31H17N3O2. The van der Waals surface area contributed by atoms with Crippen molar-refractivity contribution in [2.45, 2.75) is 0 Å². The maximum atomic E-state index is 6.55. The van der Waals surface area contributed by atoms with Crippen LogP contribution in [0.4, 0.5) is 0 Å². The van der Waals surface area contributed by atoms with Crippen LogP contribution in [0.15, 0.2) is 112 Å². The molecule has 168 valence electrons. The van der Waals surface area contributed by atoms with Crippen molar-refractivity contribution in [3.05, 3.63) is 103 Å². The van der Waals surface area contributed by atoms with E-state index in [9.17, 15) is 0 Å². The zero-order valence-corrected chi connectivity index (χ0v) is 19.0. The van der Waals surface area contributed by atoms with E-state index in [0.29, 0.717) is 0 Å². The number of aromatic nitrogens is 3. The molecule has 9 aromatic rings. The lowest BCUT2D eigenvalue weighted by atomic mass is 10.1. The maximum Gasteiger partial charge on any atom is 0.213 e. The quantitative estimate of drug-likeness (QED) is 0.246. The molecule has 4 aromatic carbocycles. The molecule has 0 atom stereocenters. The summed E-state index contributed by atoms with van der Waals surface area (Å²) >= 11 is 0. The molecule has 0 fully saturated rings. The first-order chi connectivity index (χ1) is 17.8. The van der Waals surface area contributed by atoms with Crippen molar-refractivity contribution in [2.24, 2.45) is 0 Å². The molecule has 0 aliphatic rings. The van der Waals surface area contributed by atoms with E-state index in [1.807, 2.05) is 47.1 Å². The number of para-hydroxylation sites is 2. The normalized spacial score (nSPS) is 12.4. The van der Waals surface area contributed by atoms with Gasteiger partial charge < -0.3 is 8.83 Å². The zero-order valence-electron chi connectivity index (χ0n) is 19.0. The number of hydrogen-bond donors (Lipinski definition) is 0. The van der Waals surface area contributed by atoms with E-state index < -0.39 is 0 Å². The third-order valence-corrected chi connectivity index (χ3v) is 7.35. The Morgan fingerprint density at radius 1 is 0.583 bits per heavy atom. The van der Waals surface area contributed by atoms with Crippen molar-refractivity contribution in [3.63, 3.8) is 0 Å². The lowest BCUT2D eigenvalue weighted by Crippen LogP contribution is -1.97. The third kappa shape index (κ3) is 2.18. The summed E-state index contributed by atoms with van der Waals surface area (Å²) in [5.74, 6) is 0. The largest absolute Gasteiger partial charge is 0.456 e. The topological polar surface area (TPSA) is 48.5 Å². The summed E-state index contributed by atoms with van der Waals surface area (Å²) < 4.78 is 17.0. The predicted molar refractivity (Wildman–Crippen MR) is 144 cm³/mol. The molecule has 0 bridgehead atoms. The second kappa shape index (κ2) is 6.34. The highest BCUT2D eigenvalue weighted by atomic mass is 16.3. The fraction of sp³-hybridized carbons (Fsp3) is 0. The average molecular weight is 463 g/mol. The number of nitrogens with zero attached hydrogens (tertiary/aromatic N) is 3. The van der Waals surface area contributed by atoms with E-state index in [1.165, 1.54) is 0 Å². The highest BCUT2D eigenvalue weighted by Crippen LogP contribution is 2.43. The Morgan fingerprint density at radius 2 is 1.33 bits per heavy atom. The van der Waals surface area contributed by atoms with Gasteiger partial charge in [-0.05, 0) is 42.5 Å². The van der Waals surface area contributed by atoms with Gasteiger partial charge in [-0.15, -0.1) is 0 Å². The van der Waals surface area contributed by atoms with Crippen molar-refractivity contribution in [1.82, 2.24) is 14.2 Å². The Morgan fingerprint density at radius 3 is 2.22 bits per heavy atom. The van der Waals surface area contributed by atoms with Gasteiger partial charge in [-0.2, -0.15) is 5.10 Å². The molecule has 0 radical (unpaired) electrons. The number of benzene rings is 4. The number of fused-ring (bicyclic) bond motifs is 11. The molecule has 0 aliphatic heterocycles. The van der Waals surface area contributed by atoms with E-state index in [-0.39, 0.29) is 0 Å². The molecule has 0 saturated heterocycles. The lowest BCUT2D eigenvalue weighted by Gasteiger charge is -2.09. The SMILES string of the molecule is c1ccc2c(c1)nn1cccc(-n3c4cc5c(cc4c4c6ccccc6oc43)oc3ccccc35)c21. The molecule has 5 nitrogen and oxygen atoms in total. The predicted octanol–water partition coefficient (Wildman–Crippen LogP) is 8.23. The van der Waals surface area contributed by atoms with Crippen LogP contribution in [0.1, 0.15) is 0 Å². The van der Waals surface area contributed by atoms with Crippen LogP contribution in [-0.4, -0.2) is 14.2 Å². The van der Waals surface area contributed by atoms with Gasteiger partial charge in [-0.1, -0.05) is 54.6 Å². The molecule has 0 amide bonds. The summed E-state index contributed by atoms with van der Waals surface area (Å²) in [4.78, 5) is 0. The Hall–Kier alpha value is -5.03. The summed E-state index contributed by atoms with van der Waals surface area (Å²) in [6.45, 7) is 0. The van der Waals surface area contributed by atoms with Gasteiger partial charge in [0.2, 0.25) is 5.71 Å². The molecule has 5 aromatic heterocycles. The van der Waals surface area contributed by atoms with Crippen LogP contribution in [0.2, 0.25) is 0 Å². The van der Waals surface area contributed by atoms with Crippen LogP contribution < -0.4 is 0 Å². The van der Waals surface area contributed by atoms with Gasteiger partial charge in [0.25, 0.3) is 0 Å². The monoisotopic (exact) mass is 463 g/mol. The van der Waals surface area contributed by atoms with Crippen LogP contribution >= 0.6 is 0 Å². The molecule has 0 spiro atoms. The number of rotatable bonds is 1. The molecule has 9 rings (SSSR count). The van der Waals surface area contributed by atoms with Crippen LogP contribution in [0.3, 0.4) is 0 Å². The van der Waals surface area contributed by atoms with E-state index in [0.717, 1.165) is 77.0 Å². The van der Waals surface area contributed by atoms with Crippen LogP contribution in [0.5, 0.6) is 0 Å². The van der Waals surface area contributed by atoms with Gasteiger partial charge in [-0.3, -0.25) is 4.57 Å². The molecule has 0 saturated carbocycles. The standard InChI is InChI=1S/C31H17N3O2/c1-4-11-23-19(9-1)30-24(12-7-15-33(30)32-23)34-25-16-21-18-8-2-5-13-26(18)35-28(21)17-22(25)29-20-10-3-6-14-27(20)36-31(29)34/h1-17H. The van der Waals surface area contributed by atoms with Gasteiger partial charge in [0.05, 0.1) is 27.6 Å². The molecule has 5 heterocycles. The summed E-state index contributed by atoms with van der Waals surface area (Å²) in [7, 11) is 0. The van der Waals surface area contributed by atoms with E-state index >= 15 is 0 Å². The van der Waals surface area contributed by atoms with Gasteiger partial charge in [0, 0.05) is 33.1 Å². The average Bonchev–Trinajstić information content (AvgIpc) is 3.65. The zero-order chi connectivity index (χ0) is 23.4. The fourth-order valence-corrected chi connectivity index (χ4v) is 5.83. The van der Waals surface area contributed by atoms with E-state index in [4.69, 9.17) is 13.9 Å². The summed E-state index contributed by atoms with van der Waals surface area (Å²) in [6, 6.07) is 33.3. The molecular weight excluding hydrogens is 446 g/mol. The van der Waals surface area contributed by atoms with Crippen LogP contribution in [-0.2, 0) is 0 Å². The van der Waals surface area contributed by atoms with Crippen molar-refractivity contribution in [1.29, 1.82) is 0 Å². The Balaban J connectivity index is 1.55. The highest BCUT2D eigenvalue weighted by molar-refractivity contribution is 6.23. The first-order valence-corrected chi connectivity index (χ1v) is 12.0. The minimum absolute atomic E-state index is 0.821. The van der Waals surface area contributed by atoms with Gasteiger partial charge >= 0.3 is 0 Å². The second-order valence-electron chi connectivity index (χ2n) is 9.28. The van der Waals surface area contributed by atoms with Crippen molar-refractivity contribution in [3.8, 4) is 5.69 Å². The van der Waals surface area contributed by atoms with Crippen LogP contribution in [0, 0.1) is 0 Å². The van der Waals surface area contributed by atoms with Crippen molar-refractivity contribution < 1.29 is 8.83 Å². The fourth-order valence-electron chi connectivity index (χ4n) is 5.83. The molecule has 0 N–H and O–H groups in total. The van der Waals surface area contributed by atoms with Gasteiger partial charge in [0.15, 0.2) is 0 Å². The molecule has 0 unspecified atom stereocenters. The highest BCUT2D eigenvalue weighted by Gasteiger charge is 2.23. The summed E-state index contributed by atoms with van der Waals surface area (Å²) in [6.07, 6.45) is 2.00.